The van der Waals surface area contributed by atoms with Crippen molar-refractivity contribution in [2.24, 2.45) is 5.73 Å². The highest BCUT2D eigenvalue weighted by Gasteiger charge is 2.09. The quantitative estimate of drug-likeness (QED) is 0.921. The summed E-state index contributed by atoms with van der Waals surface area (Å²) in [4.78, 5) is 0. The van der Waals surface area contributed by atoms with Gasteiger partial charge in [0.2, 0.25) is 0 Å². The number of hydrogen-bond acceptors (Lipinski definition) is 3. The first-order chi connectivity index (χ1) is 9.26. The lowest BCUT2D eigenvalue weighted by Crippen LogP contribution is -2.11. The fourth-order valence-corrected chi connectivity index (χ4v) is 1.82. The Kier molecular flexibility index (Phi) is 6.28. The molecule has 20 heavy (non-hydrogen) atoms. The van der Waals surface area contributed by atoms with E-state index in [-0.39, 0.29) is 18.2 Å². The van der Waals surface area contributed by atoms with Gasteiger partial charge in [-0.1, -0.05) is 24.3 Å². The van der Waals surface area contributed by atoms with Crippen molar-refractivity contribution in [2.45, 2.75) is 0 Å². The number of benzene rings is 2. The van der Waals surface area contributed by atoms with E-state index in [0.717, 1.165) is 5.56 Å². The zero-order valence-corrected chi connectivity index (χ0v) is 12.0. The first-order valence-corrected chi connectivity index (χ1v) is 6.02. The van der Waals surface area contributed by atoms with Crippen molar-refractivity contribution in [2.75, 3.05) is 20.3 Å². The summed E-state index contributed by atoms with van der Waals surface area (Å²) in [5, 5.41) is 0. The van der Waals surface area contributed by atoms with Gasteiger partial charge >= 0.3 is 0 Å². The van der Waals surface area contributed by atoms with Crippen molar-refractivity contribution >= 4 is 12.4 Å². The van der Waals surface area contributed by atoms with Gasteiger partial charge in [-0.15, -0.1) is 12.4 Å². The second kappa shape index (κ2) is 7.72. The molecule has 0 heterocycles. The van der Waals surface area contributed by atoms with Crippen molar-refractivity contribution in [3.05, 3.63) is 48.3 Å². The number of methoxy groups -OCH3 is 1. The van der Waals surface area contributed by atoms with Gasteiger partial charge in [-0.2, -0.15) is 0 Å². The molecule has 0 unspecified atom stereocenters. The Morgan fingerprint density at radius 2 is 1.85 bits per heavy atom. The van der Waals surface area contributed by atoms with Crippen LogP contribution in [0, 0.1) is 5.82 Å². The summed E-state index contributed by atoms with van der Waals surface area (Å²) in [7, 11) is 1.55. The van der Waals surface area contributed by atoms with Crippen molar-refractivity contribution in [1.29, 1.82) is 0 Å². The first kappa shape index (κ1) is 16.3. The Balaban J connectivity index is 0.00000200. The molecule has 0 bridgehead atoms. The standard InChI is InChI=1S/C15H16FNO2.ClH/c1-18-15-10-11(6-7-14(15)19-9-8-17)12-4-2-3-5-13(12)16;/h2-7,10H,8-9,17H2,1H3;1H. The van der Waals surface area contributed by atoms with E-state index < -0.39 is 0 Å². The average Bonchev–Trinajstić information content (AvgIpc) is 2.45. The minimum absolute atomic E-state index is 0. The van der Waals surface area contributed by atoms with E-state index in [4.69, 9.17) is 15.2 Å². The molecule has 0 fully saturated rings. The molecule has 0 aliphatic heterocycles. The Morgan fingerprint density at radius 1 is 1.10 bits per heavy atom. The molecule has 2 aromatic rings. The summed E-state index contributed by atoms with van der Waals surface area (Å²) in [5.74, 6) is 0.905. The normalized spacial score (nSPS) is 9.75. The SMILES string of the molecule is COc1cc(-c2ccccc2F)ccc1OCCN.Cl. The van der Waals surface area contributed by atoms with Crippen LogP contribution < -0.4 is 15.2 Å². The molecule has 2 rings (SSSR count). The smallest absolute Gasteiger partial charge is 0.161 e. The van der Waals surface area contributed by atoms with Crippen LogP contribution in [0.1, 0.15) is 0 Å². The maximum absolute atomic E-state index is 13.7. The molecule has 0 saturated heterocycles. The van der Waals surface area contributed by atoms with E-state index in [0.29, 0.717) is 30.2 Å². The van der Waals surface area contributed by atoms with Crippen molar-refractivity contribution in [3.63, 3.8) is 0 Å². The molecule has 3 nitrogen and oxygen atoms in total. The van der Waals surface area contributed by atoms with Crippen LogP contribution >= 0.6 is 12.4 Å². The van der Waals surface area contributed by atoms with E-state index in [2.05, 4.69) is 0 Å². The fraction of sp³-hybridized carbons (Fsp3) is 0.200. The summed E-state index contributed by atoms with van der Waals surface area (Å²) in [5.41, 5.74) is 6.67. The number of hydrogen-bond donors (Lipinski definition) is 1. The fourth-order valence-electron chi connectivity index (χ4n) is 1.82. The molecule has 2 aromatic carbocycles. The van der Waals surface area contributed by atoms with E-state index in [1.807, 2.05) is 0 Å². The van der Waals surface area contributed by atoms with E-state index in [1.54, 1.807) is 43.5 Å². The lowest BCUT2D eigenvalue weighted by Gasteiger charge is -2.12. The molecule has 0 aliphatic carbocycles. The van der Waals surface area contributed by atoms with Crippen LogP contribution in [-0.4, -0.2) is 20.3 Å². The number of halogens is 2. The van der Waals surface area contributed by atoms with Crippen molar-refractivity contribution in [3.8, 4) is 22.6 Å². The molecule has 0 aliphatic rings. The van der Waals surface area contributed by atoms with Gasteiger partial charge in [-0.05, 0) is 23.8 Å². The molecule has 0 radical (unpaired) electrons. The average molecular weight is 298 g/mol. The Morgan fingerprint density at radius 3 is 2.50 bits per heavy atom. The monoisotopic (exact) mass is 297 g/mol. The molecule has 2 N–H and O–H groups in total. The van der Waals surface area contributed by atoms with Crippen LogP contribution in [0.3, 0.4) is 0 Å². The second-order valence-electron chi connectivity index (χ2n) is 3.98. The lowest BCUT2D eigenvalue weighted by atomic mass is 10.0. The summed E-state index contributed by atoms with van der Waals surface area (Å²) in [6, 6.07) is 11.9. The summed E-state index contributed by atoms with van der Waals surface area (Å²) in [6.07, 6.45) is 0. The van der Waals surface area contributed by atoms with Gasteiger partial charge in [0.1, 0.15) is 12.4 Å². The van der Waals surface area contributed by atoms with Gasteiger partial charge in [0.15, 0.2) is 11.5 Å². The van der Waals surface area contributed by atoms with Gasteiger partial charge in [-0.3, -0.25) is 0 Å². The van der Waals surface area contributed by atoms with Crippen LogP contribution in [-0.2, 0) is 0 Å². The highest BCUT2D eigenvalue weighted by molar-refractivity contribution is 5.85. The Labute approximate surface area is 123 Å². The van der Waals surface area contributed by atoms with Gasteiger partial charge in [0, 0.05) is 12.1 Å². The third-order valence-electron chi connectivity index (χ3n) is 2.72. The van der Waals surface area contributed by atoms with Gasteiger partial charge in [-0.25, -0.2) is 4.39 Å². The minimum Gasteiger partial charge on any atom is -0.493 e. The van der Waals surface area contributed by atoms with Gasteiger partial charge < -0.3 is 15.2 Å². The van der Waals surface area contributed by atoms with Crippen LogP contribution in [0.25, 0.3) is 11.1 Å². The topological polar surface area (TPSA) is 44.5 Å². The van der Waals surface area contributed by atoms with Gasteiger partial charge in [0.25, 0.3) is 0 Å². The predicted molar refractivity (Wildman–Crippen MR) is 80.2 cm³/mol. The summed E-state index contributed by atoms with van der Waals surface area (Å²) < 4.78 is 24.4. The Bertz CT molecular complexity index is 563. The van der Waals surface area contributed by atoms with Crippen molar-refractivity contribution < 1.29 is 13.9 Å². The highest BCUT2D eigenvalue weighted by Crippen LogP contribution is 2.33. The van der Waals surface area contributed by atoms with E-state index in [1.165, 1.54) is 6.07 Å². The van der Waals surface area contributed by atoms with Crippen LogP contribution in [0.4, 0.5) is 4.39 Å². The number of nitrogens with two attached hydrogens (primary N) is 1. The summed E-state index contributed by atoms with van der Waals surface area (Å²) >= 11 is 0. The van der Waals surface area contributed by atoms with Crippen LogP contribution in [0.5, 0.6) is 11.5 Å². The van der Waals surface area contributed by atoms with Crippen LogP contribution in [0.15, 0.2) is 42.5 Å². The number of rotatable bonds is 5. The lowest BCUT2D eigenvalue weighted by molar-refractivity contribution is 0.302. The molecule has 108 valence electrons. The zero-order chi connectivity index (χ0) is 13.7. The second-order valence-corrected chi connectivity index (χ2v) is 3.98. The molecule has 0 atom stereocenters. The maximum Gasteiger partial charge on any atom is 0.161 e. The largest absolute Gasteiger partial charge is 0.493 e. The molecule has 5 heteroatoms. The molecular formula is C15H17ClFNO2. The van der Waals surface area contributed by atoms with Crippen molar-refractivity contribution in [1.82, 2.24) is 0 Å². The van der Waals surface area contributed by atoms with Crippen LogP contribution in [0.2, 0.25) is 0 Å². The molecule has 0 amide bonds. The van der Waals surface area contributed by atoms with Gasteiger partial charge in [0.05, 0.1) is 7.11 Å². The van der Waals surface area contributed by atoms with E-state index in [9.17, 15) is 4.39 Å². The molecule has 0 spiro atoms. The third kappa shape index (κ3) is 3.62. The first-order valence-electron chi connectivity index (χ1n) is 6.02. The van der Waals surface area contributed by atoms with E-state index >= 15 is 0 Å². The maximum atomic E-state index is 13.7. The zero-order valence-electron chi connectivity index (χ0n) is 11.1. The summed E-state index contributed by atoms with van der Waals surface area (Å²) in [6.45, 7) is 0.841. The highest BCUT2D eigenvalue weighted by atomic mass is 35.5. The molecule has 0 saturated carbocycles. The minimum atomic E-state index is -0.264. The molecular weight excluding hydrogens is 281 g/mol. The number of ether oxygens (including phenoxy) is 2. The Hall–Kier alpha value is -1.78. The predicted octanol–water partition coefficient (Wildman–Crippen LogP) is 3.26. The third-order valence-corrected chi connectivity index (χ3v) is 2.72. The molecule has 0 aromatic heterocycles.